The summed E-state index contributed by atoms with van der Waals surface area (Å²) in [5.41, 5.74) is 2.51. The zero-order valence-electron chi connectivity index (χ0n) is 19.3. The molecule has 0 spiro atoms. The van der Waals surface area contributed by atoms with Crippen molar-refractivity contribution in [3.8, 4) is 11.5 Å². The van der Waals surface area contributed by atoms with Gasteiger partial charge in [0.25, 0.3) is 0 Å². The smallest absolute Gasteiger partial charge is 0.231 e. The average Bonchev–Trinajstić information content (AvgIpc) is 3.42. The molecule has 0 aromatic heterocycles. The Hall–Kier alpha value is -2.32. The quantitative estimate of drug-likeness (QED) is 0.586. The summed E-state index contributed by atoms with van der Waals surface area (Å²) < 4.78 is 16.6. The number of hydrogen-bond acceptors (Lipinski definition) is 7. The molecule has 2 atom stereocenters. The fraction of sp³-hybridized carbons (Fsp3) is 0.480. The lowest BCUT2D eigenvalue weighted by atomic mass is 10.0. The Labute approximate surface area is 199 Å². The fourth-order valence-corrected chi connectivity index (χ4v) is 4.02. The number of benzene rings is 2. The molecule has 4 rings (SSSR count). The molecule has 0 bridgehead atoms. The van der Waals surface area contributed by atoms with E-state index in [0.29, 0.717) is 31.1 Å². The van der Waals surface area contributed by atoms with Gasteiger partial charge in [-0.25, -0.2) is 0 Å². The third-order valence-electron chi connectivity index (χ3n) is 5.43. The van der Waals surface area contributed by atoms with Crippen LogP contribution in [0.2, 0.25) is 5.02 Å². The molecule has 0 saturated heterocycles. The molecule has 0 unspecified atom stereocenters. The van der Waals surface area contributed by atoms with E-state index in [1.54, 1.807) is 0 Å². The van der Waals surface area contributed by atoms with Gasteiger partial charge in [-0.3, -0.25) is 4.90 Å². The molecule has 8 heteroatoms. The van der Waals surface area contributed by atoms with Crippen molar-refractivity contribution in [1.82, 2.24) is 4.90 Å². The predicted octanol–water partition coefficient (Wildman–Crippen LogP) is 4.24. The average molecular weight is 475 g/mol. The SMILES string of the molecule is CC(C)(C)OC[C@@H](O)CN(Cc1ccccc1Cl)C[C@@H]1CC(c2ccc3c(c2)OCO3)=NO1. The molecule has 1 N–H and O–H groups in total. The maximum absolute atomic E-state index is 10.6. The summed E-state index contributed by atoms with van der Waals surface area (Å²) in [6.07, 6.45) is -0.112. The first-order valence-corrected chi connectivity index (χ1v) is 11.5. The topological polar surface area (TPSA) is 72.8 Å². The highest BCUT2D eigenvalue weighted by atomic mass is 35.5. The molecule has 2 aliphatic heterocycles. The van der Waals surface area contributed by atoms with Gasteiger partial charge >= 0.3 is 0 Å². The summed E-state index contributed by atoms with van der Waals surface area (Å²) in [6.45, 7) is 8.03. The maximum Gasteiger partial charge on any atom is 0.231 e. The monoisotopic (exact) mass is 474 g/mol. The molecule has 0 fully saturated rings. The minimum atomic E-state index is -0.637. The molecule has 0 saturated carbocycles. The van der Waals surface area contributed by atoms with Gasteiger partial charge in [0.05, 0.1) is 24.0 Å². The second-order valence-electron chi connectivity index (χ2n) is 9.40. The minimum absolute atomic E-state index is 0.136. The molecule has 0 amide bonds. The molecule has 33 heavy (non-hydrogen) atoms. The summed E-state index contributed by atoms with van der Waals surface area (Å²) in [7, 11) is 0. The van der Waals surface area contributed by atoms with Gasteiger partial charge in [-0.05, 0) is 50.6 Å². The molecule has 2 aromatic carbocycles. The summed E-state index contributed by atoms with van der Waals surface area (Å²) in [6, 6.07) is 13.5. The van der Waals surface area contributed by atoms with Crippen LogP contribution in [-0.4, -0.2) is 60.0 Å². The molecule has 7 nitrogen and oxygen atoms in total. The number of oxime groups is 1. The van der Waals surface area contributed by atoms with E-state index in [0.717, 1.165) is 28.3 Å². The van der Waals surface area contributed by atoms with Gasteiger partial charge in [0.15, 0.2) is 11.5 Å². The van der Waals surface area contributed by atoms with E-state index in [9.17, 15) is 5.11 Å². The molecule has 2 heterocycles. The van der Waals surface area contributed by atoms with Gasteiger partial charge < -0.3 is 24.2 Å². The number of hydrogen-bond donors (Lipinski definition) is 1. The minimum Gasteiger partial charge on any atom is -0.454 e. The van der Waals surface area contributed by atoms with Crippen LogP contribution in [0.15, 0.2) is 47.6 Å². The van der Waals surface area contributed by atoms with Crippen molar-refractivity contribution in [3.63, 3.8) is 0 Å². The first-order chi connectivity index (χ1) is 15.8. The molecule has 0 aliphatic carbocycles. The van der Waals surface area contributed by atoms with Crippen molar-refractivity contribution < 1.29 is 24.2 Å². The highest BCUT2D eigenvalue weighted by molar-refractivity contribution is 6.31. The van der Waals surface area contributed by atoms with E-state index in [1.807, 2.05) is 63.2 Å². The Bertz CT molecular complexity index is 991. The van der Waals surface area contributed by atoms with Crippen LogP contribution >= 0.6 is 11.6 Å². The van der Waals surface area contributed by atoms with Crippen LogP contribution in [0.4, 0.5) is 0 Å². The zero-order chi connectivity index (χ0) is 23.4. The van der Waals surface area contributed by atoms with E-state index < -0.39 is 6.10 Å². The standard InChI is InChI=1S/C25H31ClN2O5/c1-25(2,3)32-15-19(29)13-28(12-18-6-4-5-7-21(18)26)14-20-11-22(27-33-20)17-8-9-23-24(10-17)31-16-30-23/h4-10,19-20,29H,11-16H2,1-3H3/t19-,20-/m0/s1. The number of aliphatic hydroxyl groups excluding tert-OH is 1. The van der Waals surface area contributed by atoms with Gasteiger partial charge in [0.2, 0.25) is 6.79 Å². The predicted molar refractivity (Wildman–Crippen MR) is 127 cm³/mol. The van der Waals surface area contributed by atoms with Crippen molar-refractivity contribution in [2.24, 2.45) is 5.16 Å². The number of nitrogens with zero attached hydrogens (tertiary/aromatic N) is 2. The lowest BCUT2D eigenvalue weighted by Crippen LogP contribution is -2.40. The highest BCUT2D eigenvalue weighted by Crippen LogP contribution is 2.33. The number of ether oxygens (including phenoxy) is 3. The summed E-state index contributed by atoms with van der Waals surface area (Å²) >= 11 is 6.40. The van der Waals surface area contributed by atoms with Gasteiger partial charge in [-0.15, -0.1) is 0 Å². The molecular formula is C25H31ClN2O5. The van der Waals surface area contributed by atoms with Crippen LogP contribution in [0.25, 0.3) is 0 Å². The lowest BCUT2D eigenvalue weighted by Gasteiger charge is -2.29. The summed E-state index contributed by atoms with van der Waals surface area (Å²) in [4.78, 5) is 7.90. The van der Waals surface area contributed by atoms with Crippen LogP contribution in [0.5, 0.6) is 11.5 Å². The van der Waals surface area contributed by atoms with E-state index in [-0.39, 0.29) is 25.1 Å². The molecule has 2 aromatic rings. The lowest BCUT2D eigenvalue weighted by molar-refractivity contribution is -0.0600. The summed E-state index contributed by atoms with van der Waals surface area (Å²) in [5, 5.41) is 15.6. The number of halogens is 1. The highest BCUT2D eigenvalue weighted by Gasteiger charge is 2.27. The van der Waals surface area contributed by atoms with E-state index >= 15 is 0 Å². The fourth-order valence-electron chi connectivity index (χ4n) is 3.83. The number of aliphatic hydroxyl groups is 1. The van der Waals surface area contributed by atoms with E-state index in [4.69, 9.17) is 30.6 Å². The van der Waals surface area contributed by atoms with Crippen molar-refractivity contribution in [3.05, 3.63) is 58.6 Å². The van der Waals surface area contributed by atoms with Crippen LogP contribution in [0.3, 0.4) is 0 Å². The Morgan fingerprint density at radius 1 is 1.18 bits per heavy atom. The van der Waals surface area contributed by atoms with Gasteiger partial charge in [0.1, 0.15) is 6.10 Å². The third kappa shape index (κ3) is 6.60. The zero-order valence-corrected chi connectivity index (χ0v) is 20.0. The Balaban J connectivity index is 1.40. The van der Waals surface area contributed by atoms with Crippen LogP contribution in [0.1, 0.15) is 38.3 Å². The third-order valence-corrected chi connectivity index (χ3v) is 5.80. The van der Waals surface area contributed by atoms with Gasteiger partial charge in [0, 0.05) is 36.6 Å². The largest absolute Gasteiger partial charge is 0.454 e. The van der Waals surface area contributed by atoms with Crippen molar-refractivity contribution in [2.75, 3.05) is 26.5 Å². The van der Waals surface area contributed by atoms with Crippen molar-refractivity contribution in [2.45, 2.75) is 51.5 Å². The molecule has 2 aliphatic rings. The number of fused-ring (bicyclic) bond motifs is 1. The van der Waals surface area contributed by atoms with Crippen molar-refractivity contribution >= 4 is 17.3 Å². The van der Waals surface area contributed by atoms with E-state index in [1.165, 1.54) is 0 Å². The molecular weight excluding hydrogens is 444 g/mol. The second-order valence-corrected chi connectivity index (χ2v) is 9.81. The first-order valence-electron chi connectivity index (χ1n) is 11.2. The van der Waals surface area contributed by atoms with Gasteiger partial charge in [-0.1, -0.05) is 35.0 Å². The number of rotatable bonds is 9. The Morgan fingerprint density at radius 2 is 1.97 bits per heavy atom. The van der Waals surface area contributed by atoms with Crippen LogP contribution in [0, 0.1) is 0 Å². The molecule has 178 valence electrons. The summed E-state index contributed by atoms with van der Waals surface area (Å²) in [5.74, 6) is 1.47. The van der Waals surface area contributed by atoms with Crippen LogP contribution in [-0.2, 0) is 16.1 Å². The molecule has 0 radical (unpaired) electrons. The normalized spacial score (nSPS) is 18.4. The van der Waals surface area contributed by atoms with E-state index in [2.05, 4.69) is 10.1 Å². The maximum atomic E-state index is 10.6. The van der Waals surface area contributed by atoms with Gasteiger partial charge in [-0.2, -0.15) is 0 Å². The first kappa shape index (κ1) is 23.8. The Morgan fingerprint density at radius 3 is 2.76 bits per heavy atom. The second kappa shape index (κ2) is 10.3. The van der Waals surface area contributed by atoms with Crippen LogP contribution < -0.4 is 9.47 Å². The van der Waals surface area contributed by atoms with Crippen molar-refractivity contribution in [1.29, 1.82) is 0 Å². The Kier molecular flexibility index (Phi) is 7.44.